The summed E-state index contributed by atoms with van der Waals surface area (Å²) in [7, 11) is 1.73. The second-order valence-electron chi connectivity index (χ2n) is 3.53. The molecule has 0 bridgehead atoms. The van der Waals surface area contributed by atoms with Gasteiger partial charge in [-0.2, -0.15) is 0 Å². The molecule has 4 N–H and O–H groups in total. The number of carbonyl (C=O) groups is 1. The van der Waals surface area contributed by atoms with E-state index in [9.17, 15) is 9.90 Å². The number of thiophene rings is 1. The van der Waals surface area contributed by atoms with E-state index in [1.165, 1.54) is 17.4 Å². The molecule has 4 nitrogen and oxygen atoms in total. The molecule has 0 aliphatic rings. The lowest BCUT2D eigenvalue weighted by molar-refractivity contribution is 0.100. The predicted octanol–water partition coefficient (Wildman–Crippen LogP) is 2.39. The van der Waals surface area contributed by atoms with Crippen LogP contribution < -0.4 is 11.1 Å². The molecule has 0 fully saturated rings. The molecule has 88 valence electrons. The Balaban J connectivity index is 2.85. The van der Waals surface area contributed by atoms with Gasteiger partial charge in [-0.3, -0.25) is 4.79 Å². The second-order valence-corrected chi connectivity index (χ2v) is 4.58. The summed E-state index contributed by atoms with van der Waals surface area (Å²) >= 11 is 1.38. The minimum absolute atomic E-state index is 0.146. The van der Waals surface area contributed by atoms with Gasteiger partial charge in [-0.25, -0.2) is 0 Å². The quantitative estimate of drug-likeness (QED) is 0.780. The van der Waals surface area contributed by atoms with Crippen LogP contribution in [0.4, 0.5) is 5.00 Å². The number of amides is 1. The maximum Gasteiger partial charge on any atom is 0.252 e. The third-order valence-electron chi connectivity index (χ3n) is 2.53. The van der Waals surface area contributed by atoms with E-state index in [0.717, 1.165) is 10.1 Å². The van der Waals surface area contributed by atoms with E-state index in [0.29, 0.717) is 16.1 Å². The van der Waals surface area contributed by atoms with E-state index < -0.39 is 5.91 Å². The fraction of sp³-hybridized carbons (Fsp3) is 0.0833. The minimum atomic E-state index is -0.485. The number of phenolic OH excluding ortho intramolecular Hbond substituents is 1. The Morgan fingerprint density at radius 3 is 2.82 bits per heavy atom. The number of phenols is 1. The van der Waals surface area contributed by atoms with Crippen molar-refractivity contribution in [3.05, 3.63) is 29.8 Å². The normalized spacial score (nSPS) is 10.4. The van der Waals surface area contributed by atoms with Crippen LogP contribution in [0.2, 0.25) is 0 Å². The van der Waals surface area contributed by atoms with Gasteiger partial charge in [-0.1, -0.05) is 12.7 Å². The third kappa shape index (κ3) is 1.74. The van der Waals surface area contributed by atoms with Crippen molar-refractivity contribution in [3.8, 4) is 5.75 Å². The van der Waals surface area contributed by atoms with Crippen molar-refractivity contribution in [2.24, 2.45) is 5.73 Å². The van der Waals surface area contributed by atoms with Gasteiger partial charge in [0.05, 0.1) is 5.56 Å². The van der Waals surface area contributed by atoms with Gasteiger partial charge in [0.15, 0.2) is 0 Å². The van der Waals surface area contributed by atoms with Crippen LogP contribution in [-0.2, 0) is 0 Å². The number of carbonyl (C=O) groups excluding carboxylic acids is 1. The van der Waals surface area contributed by atoms with Crippen molar-refractivity contribution in [1.82, 2.24) is 0 Å². The Labute approximate surface area is 102 Å². The highest BCUT2D eigenvalue weighted by Crippen LogP contribution is 2.38. The molecule has 1 aromatic heterocycles. The summed E-state index contributed by atoms with van der Waals surface area (Å²) in [5, 5.41) is 14.1. The van der Waals surface area contributed by atoms with Crippen LogP contribution in [0.25, 0.3) is 16.2 Å². The highest BCUT2D eigenvalue weighted by Gasteiger charge is 2.17. The van der Waals surface area contributed by atoms with Crippen LogP contribution in [0.1, 0.15) is 15.9 Å². The molecule has 0 unspecified atom stereocenters. The van der Waals surface area contributed by atoms with Gasteiger partial charge in [0.2, 0.25) is 0 Å². The molecule has 1 heterocycles. The van der Waals surface area contributed by atoms with Gasteiger partial charge < -0.3 is 16.2 Å². The number of nitrogens with two attached hydrogens (primary N) is 1. The van der Waals surface area contributed by atoms with Crippen LogP contribution in [0.5, 0.6) is 5.75 Å². The standard InChI is InChI=1S/C12H12N2O2S/c1-3-6-4-7-9(5-8(6)15)17-12(14-2)10(7)11(13)16/h3-5,14-15H,1H2,2H3,(H2,13,16). The molecule has 0 saturated carbocycles. The Hall–Kier alpha value is -2.01. The second kappa shape index (κ2) is 4.10. The molecule has 1 amide bonds. The fourth-order valence-corrected chi connectivity index (χ4v) is 2.81. The van der Waals surface area contributed by atoms with Gasteiger partial charge in [0.1, 0.15) is 10.8 Å². The molecule has 0 spiro atoms. The lowest BCUT2D eigenvalue weighted by atomic mass is 10.1. The van der Waals surface area contributed by atoms with Gasteiger partial charge in [-0.05, 0) is 12.1 Å². The summed E-state index contributed by atoms with van der Waals surface area (Å²) in [5.74, 6) is -0.339. The predicted molar refractivity (Wildman–Crippen MR) is 71.6 cm³/mol. The first-order chi connectivity index (χ1) is 8.08. The number of aromatic hydroxyl groups is 1. The first kappa shape index (κ1) is 11.5. The summed E-state index contributed by atoms with van der Waals surface area (Å²) in [6, 6.07) is 3.33. The highest BCUT2D eigenvalue weighted by molar-refractivity contribution is 7.23. The van der Waals surface area contributed by atoms with Crippen LogP contribution in [0, 0.1) is 0 Å². The number of anilines is 1. The van der Waals surface area contributed by atoms with Crippen molar-refractivity contribution in [3.63, 3.8) is 0 Å². The Morgan fingerprint density at radius 2 is 2.29 bits per heavy atom. The van der Waals surface area contributed by atoms with Crippen molar-refractivity contribution in [2.45, 2.75) is 0 Å². The van der Waals surface area contributed by atoms with Crippen LogP contribution in [0.15, 0.2) is 18.7 Å². The topological polar surface area (TPSA) is 75.4 Å². The molecule has 0 saturated heterocycles. The van der Waals surface area contributed by atoms with Crippen molar-refractivity contribution in [2.75, 3.05) is 12.4 Å². The lowest BCUT2D eigenvalue weighted by Gasteiger charge is -2.01. The average molecular weight is 248 g/mol. The number of hydrogen-bond donors (Lipinski definition) is 3. The Bertz CT molecular complexity index is 616. The van der Waals surface area contributed by atoms with Crippen LogP contribution >= 0.6 is 11.3 Å². The summed E-state index contributed by atoms with van der Waals surface area (Å²) < 4.78 is 0.811. The largest absolute Gasteiger partial charge is 0.507 e. The minimum Gasteiger partial charge on any atom is -0.507 e. The number of hydrogen-bond acceptors (Lipinski definition) is 4. The number of benzene rings is 1. The molecular formula is C12H12N2O2S. The molecule has 1 aromatic carbocycles. The summed E-state index contributed by atoms with van der Waals surface area (Å²) in [5.41, 5.74) is 6.41. The zero-order valence-corrected chi connectivity index (χ0v) is 10.1. The SMILES string of the molecule is C=Cc1cc2c(C(N)=O)c(NC)sc2cc1O. The summed E-state index contributed by atoms with van der Waals surface area (Å²) in [6.45, 7) is 3.61. The summed E-state index contributed by atoms with van der Waals surface area (Å²) in [6.07, 6.45) is 1.54. The molecule has 5 heteroatoms. The molecule has 0 aliphatic carbocycles. The van der Waals surface area contributed by atoms with Crippen LogP contribution in [0.3, 0.4) is 0 Å². The molecule has 2 aromatic rings. The van der Waals surface area contributed by atoms with Gasteiger partial charge in [-0.15, -0.1) is 11.3 Å². The van der Waals surface area contributed by atoms with E-state index in [1.807, 2.05) is 0 Å². The molecule has 0 aliphatic heterocycles. The van der Waals surface area contributed by atoms with E-state index in [2.05, 4.69) is 11.9 Å². The highest BCUT2D eigenvalue weighted by atomic mass is 32.1. The van der Waals surface area contributed by atoms with Crippen LogP contribution in [-0.4, -0.2) is 18.1 Å². The summed E-state index contributed by atoms with van der Waals surface area (Å²) in [4.78, 5) is 11.4. The zero-order chi connectivity index (χ0) is 12.6. The number of fused-ring (bicyclic) bond motifs is 1. The van der Waals surface area contributed by atoms with Crippen molar-refractivity contribution in [1.29, 1.82) is 0 Å². The number of rotatable bonds is 3. The fourth-order valence-electron chi connectivity index (χ4n) is 1.73. The lowest BCUT2D eigenvalue weighted by Crippen LogP contribution is -2.12. The molecule has 0 atom stereocenters. The monoisotopic (exact) mass is 248 g/mol. The molecular weight excluding hydrogens is 236 g/mol. The molecule has 2 rings (SSSR count). The maximum absolute atomic E-state index is 11.4. The first-order valence-corrected chi connectivity index (χ1v) is 5.79. The van der Waals surface area contributed by atoms with E-state index in [-0.39, 0.29) is 5.75 Å². The third-order valence-corrected chi connectivity index (χ3v) is 3.70. The first-order valence-electron chi connectivity index (χ1n) is 4.98. The number of primary amides is 1. The van der Waals surface area contributed by atoms with Crippen molar-refractivity contribution >= 4 is 38.4 Å². The Kier molecular flexibility index (Phi) is 2.77. The molecule has 0 radical (unpaired) electrons. The van der Waals surface area contributed by atoms with Gasteiger partial charge >= 0.3 is 0 Å². The zero-order valence-electron chi connectivity index (χ0n) is 9.28. The van der Waals surface area contributed by atoms with E-state index >= 15 is 0 Å². The Morgan fingerprint density at radius 1 is 1.59 bits per heavy atom. The maximum atomic E-state index is 11.4. The smallest absolute Gasteiger partial charge is 0.252 e. The van der Waals surface area contributed by atoms with E-state index in [4.69, 9.17) is 5.73 Å². The van der Waals surface area contributed by atoms with E-state index in [1.54, 1.807) is 19.2 Å². The van der Waals surface area contributed by atoms with Crippen molar-refractivity contribution < 1.29 is 9.90 Å². The van der Waals surface area contributed by atoms with Gasteiger partial charge in [0.25, 0.3) is 5.91 Å². The molecule has 17 heavy (non-hydrogen) atoms. The number of nitrogens with one attached hydrogen (secondary N) is 1. The van der Waals surface area contributed by atoms with Gasteiger partial charge in [0, 0.05) is 22.7 Å². The average Bonchev–Trinajstić information content (AvgIpc) is 2.65.